The molecule has 0 saturated heterocycles. The third-order valence-electron chi connectivity index (χ3n) is 5.16. The van der Waals surface area contributed by atoms with E-state index in [0.29, 0.717) is 0 Å². The fourth-order valence-corrected chi connectivity index (χ4v) is 3.29. The molecular weight excluding hydrogens is 589 g/mol. The van der Waals surface area contributed by atoms with Crippen molar-refractivity contribution in [3.63, 3.8) is 0 Å². The smallest absolute Gasteiger partial charge is 0.421 e. The molecule has 13 heteroatoms. The molecule has 0 unspecified atom stereocenters. The van der Waals surface area contributed by atoms with Crippen LogP contribution in [0, 0.1) is 0 Å². The fraction of sp³-hybridized carbons (Fsp3) is 0. The second-order valence-electron chi connectivity index (χ2n) is 7.84. The normalized spacial score (nSPS) is 9.66. The minimum Gasteiger partial charge on any atom is -0.421 e. The van der Waals surface area contributed by atoms with Crippen molar-refractivity contribution >= 4 is 49.0 Å². The van der Waals surface area contributed by atoms with Gasteiger partial charge in [-0.2, -0.15) is 0 Å². The number of esters is 2. The molecule has 0 bridgehead atoms. The predicted molar refractivity (Wildman–Crippen MR) is 141 cm³/mol. The molecule has 4 aromatic carbocycles. The Morgan fingerprint density at radius 3 is 1.07 bits per heavy atom. The first-order valence-corrected chi connectivity index (χ1v) is 11.6. The van der Waals surface area contributed by atoms with Crippen molar-refractivity contribution in [2.75, 3.05) is 0 Å². The Hall–Kier alpha value is -4.48. The number of halogens is 4. The van der Waals surface area contributed by atoms with Gasteiger partial charge in [0.1, 0.15) is 11.5 Å². The summed E-state index contributed by atoms with van der Waals surface area (Å²) in [7, 11) is -5.67. The van der Waals surface area contributed by atoms with Crippen LogP contribution in [0.5, 0.6) is 11.5 Å². The number of ether oxygens (including phenoxy) is 2. The molecule has 41 heavy (non-hydrogen) atoms. The van der Waals surface area contributed by atoms with Gasteiger partial charge in [-0.1, -0.05) is 84.9 Å². The first-order valence-electron chi connectivity index (χ1n) is 11.6. The van der Waals surface area contributed by atoms with Crippen molar-refractivity contribution in [2.24, 2.45) is 0 Å². The predicted octanol–water partition coefficient (Wildman–Crippen LogP) is 4.22. The topological polar surface area (TPSA) is 86.7 Å². The average molecular weight is 607 g/mol. The Morgan fingerprint density at radius 1 is 0.463 bits per heavy atom. The Morgan fingerprint density at radius 2 is 0.756 bits per heavy atom. The van der Waals surface area contributed by atoms with E-state index in [9.17, 15) is 36.4 Å². The Labute approximate surface area is 243 Å². The molecular formula is C28H18B2CoF4O6+2. The summed E-state index contributed by atoms with van der Waals surface area (Å²) in [6, 6.07) is 26.0. The van der Waals surface area contributed by atoms with Gasteiger partial charge in [0.2, 0.25) is 0 Å². The monoisotopic (exact) mass is 607 g/mol. The van der Waals surface area contributed by atoms with Gasteiger partial charge < -0.3 is 9.47 Å². The molecule has 0 N–H and O–H groups in total. The Kier molecular flexibility index (Phi) is 12.7. The van der Waals surface area contributed by atoms with Crippen LogP contribution in [0.3, 0.4) is 0 Å². The van der Waals surface area contributed by atoms with Crippen LogP contribution in [0.1, 0.15) is 20.7 Å². The number of ketones is 2. The zero-order valence-corrected chi connectivity index (χ0v) is 21.9. The van der Waals surface area contributed by atoms with Crippen LogP contribution < -0.4 is 20.4 Å². The van der Waals surface area contributed by atoms with Crippen molar-refractivity contribution in [1.82, 2.24) is 0 Å². The van der Waals surface area contributed by atoms with E-state index in [-0.39, 0.29) is 39.4 Å². The van der Waals surface area contributed by atoms with E-state index in [1.165, 1.54) is 60.7 Å². The van der Waals surface area contributed by atoms with E-state index in [1.807, 2.05) is 0 Å². The van der Waals surface area contributed by atoms with E-state index in [0.717, 1.165) is 12.1 Å². The van der Waals surface area contributed by atoms with Gasteiger partial charge in [-0.05, 0) is 24.3 Å². The molecule has 0 aliphatic carbocycles. The van der Waals surface area contributed by atoms with Gasteiger partial charge in [-0.3, -0.25) is 26.9 Å². The molecule has 0 aromatic heterocycles. The van der Waals surface area contributed by atoms with Gasteiger partial charge in [-0.25, -0.2) is 9.59 Å². The SMILES string of the molecule is O=C(Oc1ccccc1)C(=O)c1ccccc1B(F)F.O=C(Oc1ccccc1)C(=O)c1ccccc1B(F)F.[Co+2]. The van der Waals surface area contributed by atoms with E-state index >= 15 is 0 Å². The largest absolute Gasteiger partial charge is 2.00 e. The van der Waals surface area contributed by atoms with Gasteiger partial charge in [0.25, 0.3) is 11.6 Å². The Bertz CT molecular complexity index is 1380. The molecule has 4 rings (SSSR count). The first-order chi connectivity index (χ1) is 19.2. The van der Waals surface area contributed by atoms with Crippen LogP contribution in [0.15, 0.2) is 109 Å². The summed E-state index contributed by atoms with van der Waals surface area (Å²) in [5.41, 5.74) is -1.66. The van der Waals surface area contributed by atoms with Crippen LogP contribution in [0.4, 0.5) is 17.3 Å². The molecule has 0 atom stereocenters. The Balaban J connectivity index is 0.000000280. The molecule has 0 aliphatic rings. The summed E-state index contributed by atoms with van der Waals surface area (Å²) in [5, 5.41) is 0. The molecule has 0 fully saturated rings. The van der Waals surface area contributed by atoms with Crippen LogP contribution in [0.25, 0.3) is 0 Å². The number of para-hydroxylation sites is 2. The quantitative estimate of drug-likeness (QED) is 0.0746. The maximum atomic E-state index is 12.8. The fourth-order valence-electron chi connectivity index (χ4n) is 3.29. The molecule has 1 radical (unpaired) electrons. The summed E-state index contributed by atoms with van der Waals surface area (Å²) in [6.45, 7) is 0. The maximum absolute atomic E-state index is 12.8. The molecule has 0 saturated carbocycles. The molecule has 0 spiro atoms. The standard InChI is InChI=1S/2C14H9BF2O3.Co/c2*16-15(17)12-9-5-4-8-11(12)13(18)14(19)20-10-6-2-1-3-7-10;/h2*1-9H;/q;;+2. The zero-order valence-electron chi connectivity index (χ0n) is 20.8. The second kappa shape index (κ2) is 15.9. The van der Waals surface area contributed by atoms with E-state index in [4.69, 9.17) is 9.47 Å². The van der Waals surface area contributed by atoms with E-state index < -0.39 is 49.0 Å². The van der Waals surface area contributed by atoms with E-state index in [1.54, 1.807) is 36.4 Å². The number of benzene rings is 4. The summed E-state index contributed by atoms with van der Waals surface area (Å²) in [5.74, 6) is -4.20. The summed E-state index contributed by atoms with van der Waals surface area (Å²) in [6.07, 6.45) is 0. The number of hydrogen-bond acceptors (Lipinski definition) is 6. The minimum absolute atomic E-state index is 0. The van der Waals surface area contributed by atoms with Gasteiger partial charge in [0, 0.05) is 22.1 Å². The second-order valence-corrected chi connectivity index (χ2v) is 7.84. The van der Waals surface area contributed by atoms with Crippen molar-refractivity contribution in [3.8, 4) is 11.5 Å². The number of carbonyl (C=O) groups is 4. The van der Waals surface area contributed by atoms with Gasteiger partial charge in [0.05, 0.1) is 0 Å². The number of rotatable bonds is 8. The summed E-state index contributed by atoms with van der Waals surface area (Å²) >= 11 is 0. The van der Waals surface area contributed by atoms with Gasteiger partial charge in [0.15, 0.2) is 0 Å². The summed E-state index contributed by atoms with van der Waals surface area (Å²) < 4.78 is 60.8. The molecule has 207 valence electrons. The van der Waals surface area contributed by atoms with Crippen LogP contribution in [0.2, 0.25) is 0 Å². The summed E-state index contributed by atoms with van der Waals surface area (Å²) in [4.78, 5) is 47.1. The molecule has 6 nitrogen and oxygen atoms in total. The average Bonchev–Trinajstić information content (AvgIpc) is 2.97. The molecule has 0 amide bonds. The molecule has 0 aliphatic heterocycles. The molecule has 0 heterocycles. The maximum Gasteiger partial charge on any atom is 2.00 e. The van der Waals surface area contributed by atoms with Crippen molar-refractivity contribution < 1.29 is 62.7 Å². The van der Waals surface area contributed by atoms with Crippen LogP contribution in [-0.4, -0.2) is 38.0 Å². The third kappa shape index (κ3) is 9.29. The van der Waals surface area contributed by atoms with Gasteiger partial charge >= 0.3 is 43.3 Å². The number of carbonyl (C=O) groups excluding carboxylic acids is 4. The van der Waals surface area contributed by atoms with Crippen molar-refractivity contribution in [1.29, 1.82) is 0 Å². The molecule has 4 aromatic rings. The van der Waals surface area contributed by atoms with Gasteiger partial charge in [-0.15, -0.1) is 0 Å². The zero-order chi connectivity index (χ0) is 29.1. The van der Waals surface area contributed by atoms with Crippen LogP contribution >= 0.6 is 0 Å². The number of Topliss-reactive ketones (excluding diaryl/α,β-unsaturated/α-hetero) is 2. The minimum atomic E-state index is -2.83. The van der Waals surface area contributed by atoms with E-state index in [2.05, 4.69) is 0 Å². The first kappa shape index (κ1) is 32.7. The van der Waals surface area contributed by atoms with Crippen molar-refractivity contribution in [3.05, 3.63) is 120 Å². The third-order valence-corrected chi connectivity index (χ3v) is 5.16. The van der Waals surface area contributed by atoms with Crippen molar-refractivity contribution in [2.45, 2.75) is 0 Å². The number of hydrogen-bond donors (Lipinski definition) is 0. The van der Waals surface area contributed by atoms with Crippen LogP contribution in [-0.2, 0) is 26.4 Å².